The van der Waals surface area contributed by atoms with E-state index in [-0.39, 0.29) is 0 Å². The van der Waals surface area contributed by atoms with Crippen molar-refractivity contribution in [2.45, 2.75) is 12.6 Å². The number of piperazine rings is 1. The lowest BCUT2D eigenvalue weighted by atomic mass is 10.0. The molecule has 1 unspecified atom stereocenters. The molecular formula is C16H18N4S. The number of thiazole rings is 1. The maximum atomic E-state index is 4.71. The second-order valence-electron chi connectivity index (χ2n) is 5.43. The topological polar surface area (TPSA) is 32.6 Å². The molecule has 21 heavy (non-hydrogen) atoms. The van der Waals surface area contributed by atoms with Gasteiger partial charge in [0.05, 0.1) is 5.69 Å². The van der Waals surface area contributed by atoms with Crippen molar-refractivity contribution in [3.63, 3.8) is 0 Å². The van der Waals surface area contributed by atoms with Gasteiger partial charge < -0.3 is 5.32 Å². The minimum atomic E-state index is 0.430. The van der Waals surface area contributed by atoms with Crippen molar-refractivity contribution in [1.82, 2.24) is 19.6 Å². The van der Waals surface area contributed by atoms with Crippen LogP contribution in [0.15, 0.2) is 48.1 Å². The van der Waals surface area contributed by atoms with Crippen LogP contribution in [-0.2, 0) is 6.54 Å². The Morgan fingerprint density at radius 3 is 3.05 bits per heavy atom. The summed E-state index contributed by atoms with van der Waals surface area (Å²) >= 11 is 1.69. The Labute approximate surface area is 128 Å². The molecule has 0 amide bonds. The lowest BCUT2D eigenvalue weighted by molar-refractivity contribution is 0.152. The Kier molecular flexibility index (Phi) is 3.47. The van der Waals surface area contributed by atoms with Gasteiger partial charge >= 0.3 is 0 Å². The fourth-order valence-electron chi connectivity index (χ4n) is 3.00. The standard InChI is InChI=1S/C16H18N4S/c1-2-4-13(5-3-1)15-10-17-6-7-19(15)11-14-12-20-8-9-21-16(20)18-14/h1-5,8-9,12,15,17H,6-7,10-11H2. The number of hydrogen-bond donors (Lipinski definition) is 1. The number of fused-ring (bicyclic) bond motifs is 1. The van der Waals surface area contributed by atoms with Crippen molar-refractivity contribution in [2.75, 3.05) is 19.6 Å². The third-order valence-electron chi connectivity index (χ3n) is 4.05. The van der Waals surface area contributed by atoms with Crippen molar-refractivity contribution in [1.29, 1.82) is 0 Å². The van der Waals surface area contributed by atoms with E-state index in [9.17, 15) is 0 Å². The first-order valence-electron chi connectivity index (χ1n) is 7.31. The molecule has 3 heterocycles. The second kappa shape index (κ2) is 5.60. The number of nitrogens with one attached hydrogen (secondary N) is 1. The minimum absolute atomic E-state index is 0.430. The van der Waals surface area contributed by atoms with E-state index in [0.717, 1.165) is 36.8 Å². The van der Waals surface area contributed by atoms with Crippen LogP contribution in [0.2, 0.25) is 0 Å². The zero-order valence-electron chi connectivity index (χ0n) is 11.8. The highest BCUT2D eigenvalue weighted by molar-refractivity contribution is 7.15. The molecule has 0 spiro atoms. The van der Waals surface area contributed by atoms with Crippen LogP contribution in [0.25, 0.3) is 4.96 Å². The highest BCUT2D eigenvalue weighted by atomic mass is 32.1. The summed E-state index contributed by atoms with van der Waals surface area (Å²) in [6.45, 7) is 4.03. The molecule has 5 heteroatoms. The zero-order chi connectivity index (χ0) is 14.1. The van der Waals surface area contributed by atoms with Gasteiger partial charge in [0.25, 0.3) is 0 Å². The molecule has 1 aliphatic rings. The van der Waals surface area contributed by atoms with Crippen molar-refractivity contribution < 1.29 is 0 Å². The maximum absolute atomic E-state index is 4.71. The van der Waals surface area contributed by atoms with Crippen molar-refractivity contribution in [2.24, 2.45) is 0 Å². The summed E-state index contributed by atoms with van der Waals surface area (Å²) in [5, 5.41) is 5.58. The third kappa shape index (κ3) is 2.60. The minimum Gasteiger partial charge on any atom is -0.314 e. The van der Waals surface area contributed by atoms with Gasteiger partial charge in [-0.1, -0.05) is 30.3 Å². The van der Waals surface area contributed by atoms with Gasteiger partial charge in [-0.2, -0.15) is 0 Å². The summed E-state index contributed by atoms with van der Waals surface area (Å²) in [5.41, 5.74) is 2.54. The second-order valence-corrected chi connectivity index (χ2v) is 6.30. The SMILES string of the molecule is c1ccc(C2CNCCN2Cc2cn3ccsc3n2)cc1. The Balaban J connectivity index is 1.58. The largest absolute Gasteiger partial charge is 0.314 e. The van der Waals surface area contributed by atoms with Crippen LogP contribution in [0.4, 0.5) is 0 Å². The highest BCUT2D eigenvalue weighted by Gasteiger charge is 2.24. The summed E-state index contributed by atoms with van der Waals surface area (Å²) < 4.78 is 2.11. The van der Waals surface area contributed by atoms with Gasteiger partial charge in [-0.3, -0.25) is 9.30 Å². The smallest absolute Gasteiger partial charge is 0.193 e. The normalized spacial score (nSPS) is 20.1. The molecule has 0 aliphatic carbocycles. The van der Waals surface area contributed by atoms with Gasteiger partial charge in [-0.25, -0.2) is 4.98 Å². The summed E-state index contributed by atoms with van der Waals surface area (Å²) in [4.78, 5) is 8.32. The van der Waals surface area contributed by atoms with Crippen LogP contribution in [0, 0.1) is 0 Å². The first-order valence-corrected chi connectivity index (χ1v) is 8.19. The maximum Gasteiger partial charge on any atom is 0.193 e. The predicted molar refractivity (Wildman–Crippen MR) is 85.5 cm³/mol. The number of rotatable bonds is 3. The fourth-order valence-corrected chi connectivity index (χ4v) is 3.72. The van der Waals surface area contributed by atoms with Crippen LogP contribution < -0.4 is 5.32 Å². The van der Waals surface area contributed by atoms with Gasteiger partial charge in [-0.05, 0) is 5.56 Å². The van der Waals surface area contributed by atoms with E-state index < -0.39 is 0 Å². The van der Waals surface area contributed by atoms with E-state index in [4.69, 9.17) is 4.98 Å². The van der Waals surface area contributed by atoms with E-state index in [0.29, 0.717) is 6.04 Å². The molecule has 1 aliphatic heterocycles. The van der Waals surface area contributed by atoms with Gasteiger partial charge in [0, 0.05) is 50.0 Å². The Morgan fingerprint density at radius 2 is 2.19 bits per heavy atom. The van der Waals surface area contributed by atoms with E-state index in [1.807, 2.05) is 0 Å². The number of imidazole rings is 1. The van der Waals surface area contributed by atoms with Crippen LogP contribution >= 0.6 is 11.3 Å². The summed E-state index contributed by atoms with van der Waals surface area (Å²) in [6, 6.07) is 11.2. The molecule has 2 aromatic heterocycles. The van der Waals surface area contributed by atoms with Crippen molar-refractivity contribution in [3.05, 3.63) is 59.4 Å². The average Bonchev–Trinajstić information content (AvgIpc) is 3.10. The van der Waals surface area contributed by atoms with E-state index in [2.05, 4.69) is 62.7 Å². The van der Waals surface area contributed by atoms with Crippen LogP contribution in [0.5, 0.6) is 0 Å². The molecule has 0 saturated carbocycles. The molecule has 3 aromatic rings. The zero-order valence-corrected chi connectivity index (χ0v) is 12.6. The number of hydrogen-bond acceptors (Lipinski definition) is 4. The fraction of sp³-hybridized carbons (Fsp3) is 0.312. The molecule has 0 radical (unpaired) electrons. The molecule has 1 aromatic carbocycles. The van der Waals surface area contributed by atoms with Crippen LogP contribution in [-0.4, -0.2) is 33.9 Å². The molecule has 4 rings (SSSR count). The molecular weight excluding hydrogens is 280 g/mol. The molecule has 1 saturated heterocycles. The highest BCUT2D eigenvalue weighted by Crippen LogP contribution is 2.24. The van der Waals surface area contributed by atoms with Gasteiger partial charge in [0.1, 0.15) is 0 Å². The lowest BCUT2D eigenvalue weighted by Crippen LogP contribution is -2.45. The Hall–Kier alpha value is -1.69. The summed E-state index contributed by atoms with van der Waals surface area (Å²) in [6.07, 6.45) is 4.22. The molecule has 108 valence electrons. The van der Waals surface area contributed by atoms with Crippen molar-refractivity contribution >= 4 is 16.3 Å². The first kappa shape index (κ1) is 13.0. The molecule has 4 nitrogen and oxygen atoms in total. The Bertz CT molecular complexity index is 690. The number of benzene rings is 1. The van der Waals surface area contributed by atoms with Gasteiger partial charge in [0.2, 0.25) is 0 Å². The van der Waals surface area contributed by atoms with E-state index >= 15 is 0 Å². The van der Waals surface area contributed by atoms with Gasteiger partial charge in [-0.15, -0.1) is 11.3 Å². The lowest BCUT2D eigenvalue weighted by Gasteiger charge is -2.36. The van der Waals surface area contributed by atoms with Crippen LogP contribution in [0.3, 0.4) is 0 Å². The van der Waals surface area contributed by atoms with Gasteiger partial charge in [0.15, 0.2) is 4.96 Å². The first-order chi connectivity index (χ1) is 10.4. The summed E-state index contributed by atoms with van der Waals surface area (Å²) in [7, 11) is 0. The quantitative estimate of drug-likeness (QED) is 0.806. The summed E-state index contributed by atoms with van der Waals surface area (Å²) in [5.74, 6) is 0. The molecule has 1 N–H and O–H groups in total. The monoisotopic (exact) mass is 298 g/mol. The van der Waals surface area contributed by atoms with E-state index in [1.165, 1.54) is 5.56 Å². The number of aromatic nitrogens is 2. The Morgan fingerprint density at radius 1 is 1.29 bits per heavy atom. The molecule has 1 fully saturated rings. The van der Waals surface area contributed by atoms with Crippen LogP contribution in [0.1, 0.15) is 17.3 Å². The van der Waals surface area contributed by atoms with E-state index in [1.54, 1.807) is 11.3 Å². The predicted octanol–water partition coefficient (Wildman–Crippen LogP) is 2.54. The third-order valence-corrected chi connectivity index (χ3v) is 4.82. The van der Waals surface area contributed by atoms with Crippen molar-refractivity contribution in [3.8, 4) is 0 Å². The number of nitrogens with zero attached hydrogens (tertiary/aromatic N) is 3. The molecule has 0 bridgehead atoms. The molecule has 1 atom stereocenters. The average molecular weight is 298 g/mol.